The van der Waals surface area contributed by atoms with Gasteiger partial charge in [-0.05, 0) is 19.4 Å². The van der Waals surface area contributed by atoms with Crippen molar-refractivity contribution < 1.29 is 20.4 Å². The first-order valence-corrected chi connectivity index (χ1v) is 5.53. The number of piperidine rings is 1. The molecule has 0 amide bonds. The van der Waals surface area contributed by atoms with Crippen molar-refractivity contribution >= 4 is 0 Å². The maximum Gasteiger partial charge on any atom is 0.112 e. The summed E-state index contributed by atoms with van der Waals surface area (Å²) in [5, 5.41) is 38.9. The Morgan fingerprint density at radius 3 is 2.73 bits per heavy atom. The summed E-state index contributed by atoms with van der Waals surface area (Å²) in [7, 11) is 0. The van der Waals surface area contributed by atoms with Gasteiger partial charge in [0.1, 0.15) is 5.60 Å². The normalized spacial score (nSPS) is 46.8. The van der Waals surface area contributed by atoms with Crippen LogP contribution in [0.1, 0.15) is 19.3 Å². The molecule has 2 rings (SSSR count). The Hall–Kier alpha value is -0.200. The summed E-state index contributed by atoms with van der Waals surface area (Å²) in [6.45, 7) is 1.01. The maximum absolute atomic E-state index is 10.3. The molecule has 4 N–H and O–H groups in total. The highest BCUT2D eigenvalue weighted by atomic mass is 16.4. The summed E-state index contributed by atoms with van der Waals surface area (Å²) in [5.41, 5.74) is -1.35. The first-order valence-electron chi connectivity index (χ1n) is 5.53. The molecule has 4 atom stereocenters. The average molecular weight is 217 g/mol. The SMILES string of the molecule is OCCC1(O)C(O)CN2CCCC(O)C21. The van der Waals surface area contributed by atoms with Gasteiger partial charge in [0.2, 0.25) is 0 Å². The Morgan fingerprint density at radius 2 is 2.07 bits per heavy atom. The third-order valence-electron chi connectivity index (χ3n) is 3.71. The van der Waals surface area contributed by atoms with Gasteiger partial charge in [-0.2, -0.15) is 0 Å². The van der Waals surface area contributed by atoms with E-state index in [-0.39, 0.29) is 13.0 Å². The van der Waals surface area contributed by atoms with Crippen molar-refractivity contribution in [2.45, 2.75) is 43.1 Å². The highest BCUT2D eigenvalue weighted by molar-refractivity contribution is 5.09. The highest BCUT2D eigenvalue weighted by Gasteiger charge is 2.55. The largest absolute Gasteiger partial charge is 0.396 e. The summed E-state index contributed by atoms with van der Waals surface area (Å²) >= 11 is 0. The lowest BCUT2D eigenvalue weighted by Crippen LogP contribution is -2.57. The van der Waals surface area contributed by atoms with Gasteiger partial charge in [0.25, 0.3) is 0 Å². The Balaban J connectivity index is 2.21. The second-order valence-corrected chi connectivity index (χ2v) is 4.63. The molecular weight excluding hydrogens is 198 g/mol. The minimum Gasteiger partial charge on any atom is -0.396 e. The summed E-state index contributed by atoms with van der Waals surface area (Å²) in [6, 6.07) is -0.423. The Labute approximate surface area is 88.9 Å². The Kier molecular flexibility index (Phi) is 3.00. The molecule has 0 aromatic rings. The molecule has 0 aromatic heterocycles. The van der Waals surface area contributed by atoms with Gasteiger partial charge in [-0.15, -0.1) is 0 Å². The van der Waals surface area contributed by atoms with Gasteiger partial charge in [0.15, 0.2) is 0 Å². The lowest BCUT2D eigenvalue weighted by atomic mass is 9.83. The van der Waals surface area contributed by atoms with E-state index in [0.717, 1.165) is 13.0 Å². The molecule has 0 spiro atoms. The standard InChI is InChI=1S/C10H19NO4/c12-5-3-10(15)8(14)6-11-4-1-2-7(13)9(10)11/h7-9,12-15H,1-6H2. The minimum absolute atomic E-state index is 0.117. The molecule has 5 heteroatoms. The van der Waals surface area contributed by atoms with Crippen molar-refractivity contribution in [2.75, 3.05) is 19.7 Å². The molecule has 2 aliphatic rings. The van der Waals surface area contributed by atoms with Gasteiger partial charge >= 0.3 is 0 Å². The van der Waals surface area contributed by atoms with Crippen molar-refractivity contribution in [1.29, 1.82) is 0 Å². The highest BCUT2D eigenvalue weighted by Crippen LogP contribution is 2.37. The van der Waals surface area contributed by atoms with Crippen LogP contribution in [-0.2, 0) is 0 Å². The van der Waals surface area contributed by atoms with E-state index in [1.165, 1.54) is 0 Å². The van der Waals surface area contributed by atoms with Crippen LogP contribution in [0.3, 0.4) is 0 Å². The quantitative estimate of drug-likeness (QED) is 0.443. The zero-order valence-corrected chi connectivity index (χ0v) is 8.71. The number of fused-ring (bicyclic) bond motifs is 1. The van der Waals surface area contributed by atoms with E-state index in [4.69, 9.17) is 5.11 Å². The smallest absolute Gasteiger partial charge is 0.112 e. The van der Waals surface area contributed by atoms with E-state index in [1.54, 1.807) is 0 Å². The van der Waals surface area contributed by atoms with Gasteiger partial charge in [-0.3, -0.25) is 4.90 Å². The second-order valence-electron chi connectivity index (χ2n) is 4.63. The van der Waals surface area contributed by atoms with Crippen molar-refractivity contribution in [3.05, 3.63) is 0 Å². The van der Waals surface area contributed by atoms with Crippen LogP contribution in [0.5, 0.6) is 0 Å². The molecule has 0 bridgehead atoms. The van der Waals surface area contributed by atoms with Crippen LogP contribution in [-0.4, -0.2) is 68.9 Å². The fourth-order valence-corrected chi connectivity index (χ4v) is 2.97. The van der Waals surface area contributed by atoms with Gasteiger partial charge in [0.05, 0.1) is 18.2 Å². The van der Waals surface area contributed by atoms with Crippen molar-refractivity contribution in [3.63, 3.8) is 0 Å². The average Bonchev–Trinajstić information content (AvgIpc) is 2.41. The van der Waals surface area contributed by atoms with Crippen LogP contribution in [0.25, 0.3) is 0 Å². The molecule has 2 heterocycles. The molecule has 15 heavy (non-hydrogen) atoms. The van der Waals surface area contributed by atoms with Crippen LogP contribution in [0.15, 0.2) is 0 Å². The summed E-state index contributed by atoms with van der Waals surface area (Å²) in [6.07, 6.45) is 0.183. The molecule has 0 aliphatic carbocycles. The van der Waals surface area contributed by atoms with E-state index in [0.29, 0.717) is 13.0 Å². The monoisotopic (exact) mass is 217 g/mol. The summed E-state index contributed by atoms with van der Waals surface area (Å²) in [5.74, 6) is 0. The fourth-order valence-electron chi connectivity index (χ4n) is 2.97. The molecule has 88 valence electrons. The summed E-state index contributed by atoms with van der Waals surface area (Å²) < 4.78 is 0. The molecule has 0 saturated carbocycles. The zero-order valence-electron chi connectivity index (χ0n) is 8.71. The van der Waals surface area contributed by atoms with E-state index in [9.17, 15) is 15.3 Å². The number of hydrogen-bond acceptors (Lipinski definition) is 5. The molecule has 0 aromatic carbocycles. The van der Waals surface area contributed by atoms with E-state index in [2.05, 4.69) is 0 Å². The van der Waals surface area contributed by atoms with Crippen LogP contribution in [0, 0.1) is 0 Å². The molecular formula is C10H19NO4. The fraction of sp³-hybridized carbons (Fsp3) is 1.00. The predicted molar refractivity (Wildman–Crippen MR) is 53.3 cm³/mol. The molecule has 0 radical (unpaired) electrons. The van der Waals surface area contributed by atoms with Crippen LogP contribution in [0.2, 0.25) is 0 Å². The number of hydrogen-bond donors (Lipinski definition) is 4. The predicted octanol–water partition coefficient (Wildman–Crippen LogP) is -1.70. The van der Waals surface area contributed by atoms with Gasteiger partial charge in [0, 0.05) is 19.6 Å². The number of rotatable bonds is 2. The Bertz CT molecular complexity index is 237. The third kappa shape index (κ3) is 1.68. The summed E-state index contributed by atoms with van der Waals surface area (Å²) in [4.78, 5) is 1.93. The van der Waals surface area contributed by atoms with Gasteiger partial charge < -0.3 is 20.4 Å². The molecule has 2 fully saturated rings. The lowest BCUT2D eigenvalue weighted by molar-refractivity contribution is -0.114. The van der Waals surface area contributed by atoms with Crippen LogP contribution >= 0.6 is 0 Å². The second kappa shape index (κ2) is 3.99. The third-order valence-corrected chi connectivity index (χ3v) is 3.71. The van der Waals surface area contributed by atoms with E-state index < -0.39 is 23.9 Å². The van der Waals surface area contributed by atoms with Crippen LogP contribution < -0.4 is 0 Å². The topological polar surface area (TPSA) is 84.2 Å². The number of nitrogens with zero attached hydrogens (tertiary/aromatic N) is 1. The van der Waals surface area contributed by atoms with Crippen molar-refractivity contribution in [2.24, 2.45) is 0 Å². The molecule has 2 aliphatic heterocycles. The van der Waals surface area contributed by atoms with Gasteiger partial charge in [-0.1, -0.05) is 0 Å². The molecule has 5 nitrogen and oxygen atoms in total. The minimum atomic E-state index is -1.35. The van der Waals surface area contributed by atoms with E-state index >= 15 is 0 Å². The van der Waals surface area contributed by atoms with Crippen LogP contribution in [0.4, 0.5) is 0 Å². The maximum atomic E-state index is 10.3. The molecule has 2 saturated heterocycles. The first kappa shape index (κ1) is 11.3. The number of aliphatic hydroxyl groups excluding tert-OH is 3. The lowest BCUT2D eigenvalue weighted by Gasteiger charge is -2.40. The van der Waals surface area contributed by atoms with Crippen molar-refractivity contribution in [3.8, 4) is 0 Å². The number of aliphatic hydroxyl groups is 4. The zero-order chi connectivity index (χ0) is 11.1. The Morgan fingerprint density at radius 1 is 1.33 bits per heavy atom. The van der Waals surface area contributed by atoms with E-state index in [1.807, 2.05) is 4.90 Å². The molecule has 4 unspecified atom stereocenters. The first-order chi connectivity index (χ1) is 7.09. The van der Waals surface area contributed by atoms with Crippen molar-refractivity contribution in [1.82, 2.24) is 4.90 Å². The van der Waals surface area contributed by atoms with Gasteiger partial charge in [-0.25, -0.2) is 0 Å².